The molecule has 1 aliphatic rings. The number of benzene rings is 2. The Bertz CT molecular complexity index is 1150. The molecular formula is C21H18ClN3O2S2. The smallest absolute Gasteiger partial charge is 0.257 e. The van der Waals surface area contributed by atoms with E-state index in [0.717, 1.165) is 37.0 Å². The van der Waals surface area contributed by atoms with Crippen LogP contribution in [0.1, 0.15) is 23.8 Å². The quantitative estimate of drug-likeness (QED) is 0.385. The number of halogens is 1. The number of fused-ring (bicyclic) bond motifs is 2. The number of piperidine rings is 1. The summed E-state index contributed by atoms with van der Waals surface area (Å²) >= 11 is 9.08. The molecule has 1 fully saturated rings. The second kappa shape index (κ2) is 7.97. The number of carbonyl (C=O) groups excluding carboxylic acids is 1. The van der Waals surface area contributed by atoms with E-state index in [4.69, 9.17) is 21.0 Å². The van der Waals surface area contributed by atoms with Gasteiger partial charge in [0, 0.05) is 30.1 Å². The molecule has 0 bridgehead atoms. The third-order valence-electron chi connectivity index (χ3n) is 5.16. The van der Waals surface area contributed by atoms with Gasteiger partial charge in [0.25, 0.3) is 5.22 Å². The van der Waals surface area contributed by atoms with Gasteiger partial charge in [0.2, 0.25) is 5.91 Å². The van der Waals surface area contributed by atoms with Crippen LogP contribution in [0, 0.1) is 0 Å². The highest BCUT2D eigenvalue weighted by atomic mass is 35.5. The van der Waals surface area contributed by atoms with Crippen LogP contribution in [0.5, 0.6) is 0 Å². The van der Waals surface area contributed by atoms with Crippen molar-refractivity contribution in [2.24, 2.45) is 0 Å². The first-order chi connectivity index (χ1) is 14.2. The van der Waals surface area contributed by atoms with Gasteiger partial charge >= 0.3 is 0 Å². The van der Waals surface area contributed by atoms with Crippen LogP contribution in [0.25, 0.3) is 21.3 Å². The molecule has 148 valence electrons. The zero-order valence-electron chi connectivity index (χ0n) is 15.5. The lowest BCUT2D eigenvalue weighted by atomic mass is 9.97. The van der Waals surface area contributed by atoms with E-state index in [1.807, 2.05) is 17.0 Å². The molecule has 0 aliphatic carbocycles. The Morgan fingerprint density at radius 1 is 1.17 bits per heavy atom. The zero-order chi connectivity index (χ0) is 19.8. The molecule has 0 N–H and O–H groups in total. The standard InChI is InChI=1S/C21H18ClN3O2S2/c22-14-5-6-15-17(11-14)27-21(24-15)28-12-19(26)25-9-7-13(8-10-25)20-23-16-3-1-2-4-18(16)29-20/h1-6,11,13H,7-10,12H2. The van der Waals surface area contributed by atoms with Gasteiger partial charge in [0.05, 0.1) is 21.0 Å². The van der Waals surface area contributed by atoms with Crippen molar-refractivity contribution in [3.63, 3.8) is 0 Å². The van der Waals surface area contributed by atoms with E-state index in [9.17, 15) is 4.79 Å². The number of aromatic nitrogens is 2. The molecule has 0 unspecified atom stereocenters. The van der Waals surface area contributed by atoms with E-state index in [2.05, 4.69) is 23.2 Å². The largest absolute Gasteiger partial charge is 0.431 e. The molecule has 0 saturated carbocycles. The van der Waals surface area contributed by atoms with E-state index in [0.29, 0.717) is 27.5 Å². The minimum atomic E-state index is 0.123. The van der Waals surface area contributed by atoms with Gasteiger partial charge in [-0.3, -0.25) is 4.79 Å². The summed E-state index contributed by atoms with van der Waals surface area (Å²) in [6.45, 7) is 1.53. The molecule has 4 aromatic rings. The van der Waals surface area contributed by atoms with Crippen molar-refractivity contribution in [1.82, 2.24) is 14.9 Å². The third kappa shape index (κ3) is 3.99. The summed E-state index contributed by atoms with van der Waals surface area (Å²) < 4.78 is 6.91. The minimum Gasteiger partial charge on any atom is -0.431 e. The predicted molar refractivity (Wildman–Crippen MR) is 118 cm³/mol. The molecule has 1 aliphatic heterocycles. The number of thioether (sulfide) groups is 1. The highest BCUT2D eigenvalue weighted by Crippen LogP contribution is 2.34. The Morgan fingerprint density at radius 2 is 2.00 bits per heavy atom. The van der Waals surface area contributed by atoms with Crippen LogP contribution in [0.4, 0.5) is 0 Å². The number of hydrogen-bond acceptors (Lipinski definition) is 6. The second-order valence-electron chi connectivity index (χ2n) is 7.06. The van der Waals surface area contributed by atoms with Crippen molar-refractivity contribution < 1.29 is 9.21 Å². The lowest BCUT2D eigenvalue weighted by molar-refractivity contribution is -0.129. The van der Waals surface area contributed by atoms with Gasteiger partial charge in [-0.2, -0.15) is 0 Å². The molecule has 29 heavy (non-hydrogen) atoms. The Balaban J connectivity index is 1.17. The van der Waals surface area contributed by atoms with Crippen molar-refractivity contribution in [1.29, 1.82) is 0 Å². The maximum Gasteiger partial charge on any atom is 0.257 e. The molecule has 2 aromatic heterocycles. The van der Waals surface area contributed by atoms with Crippen LogP contribution in [0.15, 0.2) is 52.1 Å². The number of rotatable bonds is 4. The van der Waals surface area contributed by atoms with E-state index in [-0.39, 0.29) is 5.91 Å². The van der Waals surface area contributed by atoms with Crippen LogP contribution in [-0.4, -0.2) is 39.6 Å². The van der Waals surface area contributed by atoms with Gasteiger partial charge < -0.3 is 9.32 Å². The summed E-state index contributed by atoms with van der Waals surface area (Å²) in [6.07, 6.45) is 1.91. The molecule has 0 spiro atoms. The van der Waals surface area contributed by atoms with Crippen molar-refractivity contribution in [2.45, 2.75) is 24.0 Å². The number of oxazole rings is 1. The molecular weight excluding hydrogens is 426 g/mol. The van der Waals surface area contributed by atoms with Gasteiger partial charge in [0.1, 0.15) is 5.52 Å². The van der Waals surface area contributed by atoms with Crippen LogP contribution >= 0.6 is 34.7 Å². The summed E-state index contributed by atoms with van der Waals surface area (Å²) in [5.74, 6) is 0.885. The first-order valence-electron chi connectivity index (χ1n) is 9.48. The number of likely N-dealkylation sites (tertiary alicyclic amines) is 1. The first kappa shape index (κ1) is 18.9. The number of nitrogens with zero attached hydrogens (tertiary/aromatic N) is 3. The normalized spacial score (nSPS) is 15.4. The summed E-state index contributed by atoms with van der Waals surface area (Å²) in [4.78, 5) is 23.8. The molecule has 1 saturated heterocycles. The zero-order valence-corrected chi connectivity index (χ0v) is 17.9. The number of hydrogen-bond donors (Lipinski definition) is 0. The highest BCUT2D eigenvalue weighted by molar-refractivity contribution is 7.99. The number of amides is 1. The molecule has 0 radical (unpaired) electrons. The fourth-order valence-electron chi connectivity index (χ4n) is 3.59. The van der Waals surface area contributed by atoms with Gasteiger partial charge in [-0.15, -0.1) is 11.3 Å². The predicted octanol–water partition coefficient (Wildman–Crippen LogP) is 5.59. The van der Waals surface area contributed by atoms with Crippen molar-refractivity contribution in [3.8, 4) is 0 Å². The molecule has 0 atom stereocenters. The molecule has 2 aromatic carbocycles. The average molecular weight is 444 g/mol. The Labute approximate surface area is 181 Å². The van der Waals surface area contributed by atoms with E-state index in [1.165, 1.54) is 21.5 Å². The van der Waals surface area contributed by atoms with E-state index < -0.39 is 0 Å². The maximum absolute atomic E-state index is 12.6. The van der Waals surface area contributed by atoms with Crippen molar-refractivity contribution in [2.75, 3.05) is 18.8 Å². The Morgan fingerprint density at radius 3 is 2.83 bits per heavy atom. The Kier molecular flexibility index (Phi) is 5.20. The summed E-state index contributed by atoms with van der Waals surface area (Å²) in [5, 5.41) is 2.30. The van der Waals surface area contributed by atoms with Crippen molar-refractivity contribution in [3.05, 3.63) is 52.5 Å². The van der Waals surface area contributed by atoms with Crippen LogP contribution in [0.2, 0.25) is 5.02 Å². The molecule has 8 heteroatoms. The molecule has 5 nitrogen and oxygen atoms in total. The van der Waals surface area contributed by atoms with Crippen LogP contribution in [0.3, 0.4) is 0 Å². The topological polar surface area (TPSA) is 59.2 Å². The summed E-state index contributed by atoms with van der Waals surface area (Å²) in [5.41, 5.74) is 2.46. The van der Waals surface area contributed by atoms with Gasteiger partial charge in [-0.05, 0) is 37.1 Å². The van der Waals surface area contributed by atoms with Gasteiger partial charge in [-0.1, -0.05) is 35.5 Å². The number of para-hydroxylation sites is 1. The summed E-state index contributed by atoms with van der Waals surface area (Å²) in [6, 6.07) is 13.6. The summed E-state index contributed by atoms with van der Waals surface area (Å²) in [7, 11) is 0. The lowest BCUT2D eigenvalue weighted by Crippen LogP contribution is -2.38. The monoisotopic (exact) mass is 443 g/mol. The SMILES string of the molecule is O=C(CSc1nc2ccc(Cl)cc2o1)N1CCC(c2nc3ccccc3s2)CC1. The fourth-order valence-corrected chi connectivity index (χ4v) is 5.63. The molecule has 3 heterocycles. The van der Waals surface area contributed by atoms with Crippen LogP contribution in [-0.2, 0) is 4.79 Å². The Hall–Kier alpha value is -2.09. The van der Waals surface area contributed by atoms with E-state index >= 15 is 0 Å². The second-order valence-corrected chi connectivity index (χ2v) is 9.48. The molecule has 1 amide bonds. The van der Waals surface area contributed by atoms with Crippen LogP contribution < -0.4 is 0 Å². The number of thiazole rings is 1. The average Bonchev–Trinajstić information content (AvgIpc) is 3.35. The van der Waals surface area contributed by atoms with Gasteiger partial charge in [0.15, 0.2) is 5.58 Å². The lowest BCUT2D eigenvalue weighted by Gasteiger charge is -2.31. The van der Waals surface area contributed by atoms with Crippen molar-refractivity contribution >= 4 is 61.9 Å². The minimum absolute atomic E-state index is 0.123. The third-order valence-corrected chi connectivity index (χ3v) is 7.40. The fraction of sp³-hybridized carbons (Fsp3) is 0.286. The number of carbonyl (C=O) groups is 1. The first-order valence-corrected chi connectivity index (χ1v) is 11.7. The maximum atomic E-state index is 12.6. The molecule has 5 rings (SSSR count). The highest BCUT2D eigenvalue weighted by Gasteiger charge is 2.26. The van der Waals surface area contributed by atoms with E-state index in [1.54, 1.807) is 23.5 Å². The van der Waals surface area contributed by atoms with Gasteiger partial charge in [-0.25, -0.2) is 9.97 Å².